The van der Waals surface area contributed by atoms with Gasteiger partial charge in [-0.15, -0.1) is 0 Å². The molecular formula is C10H8ClFO4. The zero-order valence-electron chi connectivity index (χ0n) is 8.24. The molecule has 0 heterocycles. The first-order valence-electron chi connectivity index (χ1n) is 4.27. The predicted octanol–water partition coefficient (Wildman–Crippen LogP) is 1.55. The van der Waals surface area contributed by atoms with E-state index in [-0.39, 0.29) is 11.3 Å². The molecule has 1 atom stereocenters. The average molecular weight is 247 g/mol. The lowest BCUT2D eigenvalue weighted by atomic mass is 10.1. The number of hydrogen-bond acceptors (Lipinski definition) is 4. The molecule has 0 aliphatic heterocycles. The third-order valence-electron chi connectivity index (χ3n) is 1.74. The molecule has 16 heavy (non-hydrogen) atoms. The van der Waals surface area contributed by atoms with Gasteiger partial charge in [0.2, 0.25) is 0 Å². The maximum Gasteiger partial charge on any atom is 0.308 e. The van der Waals surface area contributed by atoms with Crippen molar-refractivity contribution in [3.05, 3.63) is 29.6 Å². The smallest absolute Gasteiger partial charge is 0.308 e. The lowest BCUT2D eigenvalue weighted by Gasteiger charge is -2.11. The number of rotatable bonds is 3. The molecule has 1 rings (SSSR count). The van der Waals surface area contributed by atoms with Gasteiger partial charge in [-0.05, 0) is 23.7 Å². The van der Waals surface area contributed by atoms with Gasteiger partial charge in [-0.2, -0.15) is 0 Å². The van der Waals surface area contributed by atoms with Crippen LogP contribution in [0.1, 0.15) is 18.6 Å². The van der Waals surface area contributed by atoms with Gasteiger partial charge < -0.3 is 9.84 Å². The van der Waals surface area contributed by atoms with Gasteiger partial charge in [0.15, 0.2) is 6.10 Å². The number of hydrogen-bond donors (Lipinski definition) is 1. The summed E-state index contributed by atoms with van der Waals surface area (Å²) in [6.45, 7) is 1.11. The zero-order valence-corrected chi connectivity index (χ0v) is 8.99. The predicted molar refractivity (Wildman–Crippen MR) is 53.5 cm³/mol. The van der Waals surface area contributed by atoms with E-state index in [1.54, 1.807) is 0 Å². The van der Waals surface area contributed by atoms with Crippen LogP contribution in [-0.2, 0) is 9.59 Å². The first-order valence-corrected chi connectivity index (χ1v) is 4.65. The monoisotopic (exact) mass is 246 g/mol. The van der Waals surface area contributed by atoms with Crippen molar-refractivity contribution in [2.24, 2.45) is 0 Å². The summed E-state index contributed by atoms with van der Waals surface area (Å²) >= 11 is 5.09. The average Bonchev–Trinajstić information content (AvgIpc) is 2.15. The van der Waals surface area contributed by atoms with Crippen LogP contribution in [0.5, 0.6) is 5.75 Å². The lowest BCUT2D eigenvalue weighted by molar-refractivity contribution is -0.132. The molecule has 86 valence electrons. The Labute approximate surface area is 95.6 Å². The number of ether oxygens (including phenoxy) is 1. The maximum atomic E-state index is 12.9. The molecule has 0 spiro atoms. The van der Waals surface area contributed by atoms with Gasteiger partial charge in [0.25, 0.3) is 5.24 Å². The molecule has 0 radical (unpaired) electrons. The van der Waals surface area contributed by atoms with Crippen molar-refractivity contribution in [2.45, 2.75) is 13.0 Å². The number of aliphatic hydroxyl groups excluding tert-OH is 1. The van der Waals surface area contributed by atoms with Crippen LogP contribution in [0.3, 0.4) is 0 Å². The number of benzene rings is 1. The van der Waals surface area contributed by atoms with Crippen molar-refractivity contribution in [3.63, 3.8) is 0 Å². The van der Waals surface area contributed by atoms with Crippen LogP contribution in [0.2, 0.25) is 0 Å². The number of halogens is 2. The molecule has 0 aliphatic rings. The van der Waals surface area contributed by atoms with Gasteiger partial charge in [-0.1, -0.05) is 0 Å². The van der Waals surface area contributed by atoms with Crippen molar-refractivity contribution in [2.75, 3.05) is 0 Å². The molecule has 0 fully saturated rings. The highest BCUT2D eigenvalue weighted by atomic mass is 35.5. The van der Waals surface area contributed by atoms with E-state index in [0.717, 1.165) is 25.1 Å². The Morgan fingerprint density at radius 1 is 1.50 bits per heavy atom. The molecular weight excluding hydrogens is 239 g/mol. The molecule has 1 aromatic rings. The number of carbonyl (C=O) groups is 2. The lowest BCUT2D eigenvalue weighted by Crippen LogP contribution is -2.10. The van der Waals surface area contributed by atoms with Crippen molar-refractivity contribution in [3.8, 4) is 5.75 Å². The molecule has 0 saturated carbocycles. The summed E-state index contributed by atoms with van der Waals surface area (Å²) in [6, 6.07) is 3.03. The molecule has 1 N–H and O–H groups in total. The normalized spacial score (nSPS) is 12.0. The van der Waals surface area contributed by atoms with Crippen LogP contribution in [-0.4, -0.2) is 16.3 Å². The van der Waals surface area contributed by atoms with Gasteiger partial charge in [0, 0.05) is 18.6 Å². The summed E-state index contributed by atoms with van der Waals surface area (Å²) in [4.78, 5) is 21.5. The van der Waals surface area contributed by atoms with E-state index >= 15 is 0 Å². The van der Waals surface area contributed by atoms with E-state index in [4.69, 9.17) is 11.6 Å². The fourth-order valence-electron chi connectivity index (χ4n) is 1.10. The van der Waals surface area contributed by atoms with Crippen molar-refractivity contribution in [1.29, 1.82) is 0 Å². The first kappa shape index (κ1) is 12.6. The Kier molecular flexibility index (Phi) is 3.98. The second-order valence-electron chi connectivity index (χ2n) is 2.98. The number of esters is 1. The minimum atomic E-state index is -1.66. The molecule has 1 unspecified atom stereocenters. The molecule has 0 aromatic heterocycles. The maximum absolute atomic E-state index is 12.9. The van der Waals surface area contributed by atoms with Crippen molar-refractivity contribution >= 4 is 22.8 Å². The van der Waals surface area contributed by atoms with Gasteiger partial charge in [0.05, 0.1) is 0 Å². The summed E-state index contributed by atoms with van der Waals surface area (Å²) < 4.78 is 17.5. The van der Waals surface area contributed by atoms with E-state index in [1.165, 1.54) is 0 Å². The number of aliphatic hydroxyl groups is 1. The van der Waals surface area contributed by atoms with Crippen LogP contribution in [0.15, 0.2) is 18.2 Å². The summed E-state index contributed by atoms with van der Waals surface area (Å²) in [6.07, 6.45) is -1.66. The van der Waals surface area contributed by atoms with Crippen LogP contribution >= 0.6 is 11.6 Å². The minimum absolute atomic E-state index is 0.0587. The van der Waals surface area contributed by atoms with Crippen LogP contribution in [0.4, 0.5) is 4.39 Å². The van der Waals surface area contributed by atoms with Crippen LogP contribution in [0, 0.1) is 5.82 Å². The fraction of sp³-hybridized carbons (Fsp3) is 0.200. The zero-order chi connectivity index (χ0) is 12.3. The molecule has 0 saturated heterocycles. The van der Waals surface area contributed by atoms with E-state index in [1.807, 2.05) is 0 Å². The fourth-order valence-corrected chi connectivity index (χ4v) is 1.22. The molecule has 0 amide bonds. The van der Waals surface area contributed by atoms with Gasteiger partial charge >= 0.3 is 5.97 Å². The minimum Gasteiger partial charge on any atom is -0.426 e. The second kappa shape index (κ2) is 5.05. The van der Waals surface area contributed by atoms with E-state index < -0.39 is 23.1 Å². The summed E-state index contributed by atoms with van der Waals surface area (Å²) in [7, 11) is 0. The number of carbonyl (C=O) groups excluding carboxylic acids is 2. The van der Waals surface area contributed by atoms with E-state index in [9.17, 15) is 19.1 Å². The Bertz CT molecular complexity index is 433. The SMILES string of the molecule is CC(=O)Oc1cc(F)ccc1C(O)C(=O)Cl. The Hall–Kier alpha value is -1.46. The van der Waals surface area contributed by atoms with Gasteiger partial charge in [-0.25, -0.2) is 4.39 Å². The third-order valence-corrected chi connectivity index (χ3v) is 1.95. The summed E-state index contributed by atoms with van der Waals surface area (Å²) in [5, 5.41) is 8.35. The third kappa shape index (κ3) is 3.01. The van der Waals surface area contributed by atoms with Gasteiger partial charge in [-0.3, -0.25) is 9.59 Å². The molecule has 0 bridgehead atoms. The highest BCUT2D eigenvalue weighted by Crippen LogP contribution is 2.27. The summed E-state index contributed by atoms with van der Waals surface area (Å²) in [5.74, 6) is -1.58. The molecule has 1 aromatic carbocycles. The standard InChI is InChI=1S/C10H8ClFO4/c1-5(13)16-8-4-6(12)2-3-7(8)9(14)10(11)15/h2-4,9,14H,1H3. The van der Waals surface area contributed by atoms with E-state index in [2.05, 4.69) is 4.74 Å². The Balaban J connectivity index is 3.16. The topological polar surface area (TPSA) is 63.6 Å². The Morgan fingerprint density at radius 3 is 2.62 bits per heavy atom. The largest absolute Gasteiger partial charge is 0.426 e. The van der Waals surface area contributed by atoms with Crippen LogP contribution in [0.25, 0.3) is 0 Å². The van der Waals surface area contributed by atoms with Crippen LogP contribution < -0.4 is 4.74 Å². The van der Waals surface area contributed by atoms with Crippen molar-refractivity contribution in [1.82, 2.24) is 0 Å². The quantitative estimate of drug-likeness (QED) is 0.499. The molecule has 0 aliphatic carbocycles. The highest BCUT2D eigenvalue weighted by Gasteiger charge is 2.20. The first-order chi connectivity index (χ1) is 7.41. The van der Waals surface area contributed by atoms with E-state index in [0.29, 0.717) is 0 Å². The molecule has 6 heteroatoms. The molecule has 4 nitrogen and oxygen atoms in total. The van der Waals surface area contributed by atoms with Crippen molar-refractivity contribution < 1.29 is 23.8 Å². The Morgan fingerprint density at radius 2 is 2.12 bits per heavy atom. The highest BCUT2D eigenvalue weighted by molar-refractivity contribution is 6.64. The second-order valence-corrected chi connectivity index (χ2v) is 3.35. The summed E-state index contributed by atoms with van der Waals surface area (Å²) in [5.41, 5.74) is -0.0587. The van der Waals surface area contributed by atoms with Gasteiger partial charge in [0.1, 0.15) is 11.6 Å².